The van der Waals surface area contributed by atoms with Crippen molar-refractivity contribution in [3.8, 4) is 0 Å². The van der Waals surface area contributed by atoms with Gasteiger partial charge in [0.05, 0.1) is 12.5 Å². The SMILES string of the molecule is Cc1ccc(CNC(=O)C2CCC(=O)N(C3CCCCCC3)C2)o1. The van der Waals surface area contributed by atoms with Gasteiger partial charge >= 0.3 is 0 Å². The van der Waals surface area contributed by atoms with Crippen LogP contribution in [-0.2, 0) is 16.1 Å². The van der Waals surface area contributed by atoms with Crippen molar-refractivity contribution in [3.63, 3.8) is 0 Å². The van der Waals surface area contributed by atoms with E-state index in [1.54, 1.807) is 0 Å². The molecule has 5 heteroatoms. The van der Waals surface area contributed by atoms with E-state index in [1.807, 2.05) is 24.0 Å². The topological polar surface area (TPSA) is 62.6 Å². The maximum atomic E-state index is 12.5. The molecule has 1 unspecified atom stereocenters. The zero-order valence-electron chi connectivity index (χ0n) is 14.6. The number of carbonyl (C=O) groups is 2. The Morgan fingerprint density at radius 3 is 2.62 bits per heavy atom. The number of nitrogens with zero attached hydrogens (tertiary/aromatic N) is 1. The van der Waals surface area contributed by atoms with Crippen LogP contribution >= 0.6 is 0 Å². The van der Waals surface area contributed by atoms with Crippen LogP contribution in [0.15, 0.2) is 16.5 Å². The summed E-state index contributed by atoms with van der Waals surface area (Å²) in [5, 5.41) is 2.96. The molecule has 132 valence electrons. The molecule has 0 radical (unpaired) electrons. The third kappa shape index (κ3) is 4.19. The lowest BCUT2D eigenvalue weighted by molar-refractivity contribution is -0.141. The van der Waals surface area contributed by atoms with Crippen molar-refractivity contribution < 1.29 is 14.0 Å². The van der Waals surface area contributed by atoms with Crippen molar-refractivity contribution in [3.05, 3.63) is 23.7 Å². The predicted molar refractivity (Wildman–Crippen MR) is 91.2 cm³/mol. The first-order valence-electron chi connectivity index (χ1n) is 9.26. The lowest BCUT2D eigenvalue weighted by atomic mass is 9.93. The van der Waals surface area contributed by atoms with Crippen LogP contribution in [0.25, 0.3) is 0 Å². The van der Waals surface area contributed by atoms with Gasteiger partial charge in [-0.2, -0.15) is 0 Å². The smallest absolute Gasteiger partial charge is 0.225 e. The summed E-state index contributed by atoms with van der Waals surface area (Å²) in [5.74, 6) is 1.79. The minimum atomic E-state index is -0.0954. The van der Waals surface area contributed by atoms with Crippen LogP contribution in [0.2, 0.25) is 0 Å². The molecule has 0 aromatic carbocycles. The van der Waals surface area contributed by atoms with Gasteiger partial charge in [-0.05, 0) is 38.3 Å². The summed E-state index contributed by atoms with van der Waals surface area (Å²) in [6, 6.07) is 4.12. The molecule has 5 nitrogen and oxygen atoms in total. The van der Waals surface area contributed by atoms with Crippen molar-refractivity contribution in [1.82, 2.24) is 10.2 Å². The van der Waals surface area contributed by atoms with Gasteiger partial charge in [0, 0.05) is 19.0 Å². The molecule has 2 aliphatic rings. The van der Waals surface area contributed by atoms with Gasteiger partial charge in [-0.15, -0.1) is 0 Å². The van der Waals surface area contributed by atoms with Crippen LogP contribution in [0, 0.1) is 12.8 Å². The number of aryl methyl sites for hydroxylation is 1. The molecule has 3 rings (SSSR count). The molecule has 1 saturated heterocycles. The fourth-order valence-corrected chi connectivity index (χ4v) is 3.91. The number of hydrogen-bond donors (Lipinski definition) is 1. The van der Waals surface area contributed by atoms with Crippen molar-refractivity contribution in [2.45, 2.75) is 70.9 Å². The van der Waals surface area contributed by atoms with E-state index in [-0.39, 0.29) is 17.7 Å². The first-order valence-corrected chi connectivity index (χ1v) is 9.26. The highest BCUT2D eigenvalue weighted by Crippen LogP contribution is 2.27. The minimum Gasteiger partial charge on any atom is -0.465 e. The van der Waals surface area contributed by atoms with Crippen LogP contribution < -0.4 is 5.32 Å². The Morgan fingerprint density at radius 2 is 1.96 bits per heavy atom. The largest absolute Gasteiger partial charge is 0.465 e. The molecule has 2 heterocycles. The Hall–Kier alpha value is -1.78. The van der Waals surface area contributed by atoms with Crippen LogP contribution in [0.3, 0.4) is 0 Å². The molecule has 1 aromatic rings. The second kappa shape index (κ2) is 7.86. The molecule has 1 aliphatic carbocycles. The normalized spacial score (nSPS) is 23.1. The van der Waals surface area contributed by atoms with E-state index in [0.29, 0.717) is 32.0 Å². The highest BCUT2D eigenvalue weighted by atomic mass is 16.3. The third-order valence-electron chi connectivity index (χ3n) is 5.31. The van der Waals surface area contributed by atoms with Crippen LogP contribution in [0.1, 0.15) is 62.9 Å². The van der Waals surface area contributed by atoms with Gasteiger partial charge in [-0.1, -0.05) is 25.7 Å². The van der Waals surface area contributed by atoms with Crippen molar-refractivity contribution in [1.29, 1.82) is 0 Å². The number of amides is 2. The number of rotatable bonds is 4. The Balaban J connectivity index is 1.55. The van der Waals surface area contributed by atoms with Gasteiger partial charge in [0.25, 0.3) is 0 Å². The predicted octanol–water partition coefficient (Wildman–Crippen LogP) is 3.17. The molecular weight excluding hydrogens is 304 g/mol. The highest BCUT2D eigenvalue weighted by Gasteiger charge is 2.34. The lowest BCUT2D eigenvalue weighted by Crippen LogP contribution is -2.49. The second-order valence-electron chi connectivity index (χ2n) is 7.16. The van der Waals surface area contributed by atoms with Gasteiger partial charge in [0.1, 0.15) is 11.5 Å². The molecule has 0 spiro atoms. The minimum absolute atomic E-state index is 0.0372. The quantitative estimate of drug-likeness (QED) is 0.862. The first kappa shape index (κ1) is 17.1. The highest BCUT2D eigenvalue weighted by molar-refractivity contribution is 5.84. The van der Waals surface area contributed by atoms with E-state index in [2.05, 4.69) is 5.32 Å². The van der Waals surface area contributed by atoms with Crippen LogP contribution in [0.5, 0.6) is 0 Å². The molecule has 1 N–H and O–H groups in total. The van der Waals surface area contributed by atoms with E-state index in [0.717, 1.165) is 24.4 Å². The Bertz CT molecular complexity index is 573. The fourth-order valence-electron chi connectivity index (χ4n) is 3.91. The Labute approximate surface area is 143 Å². The number of likely N-dealkylation sites (tertiary alicyclic amines) is 1. The summed E-state index contributed by atoms with van der Waals surface area (Å²) < 4.78 is 5.49. The Morgan fingerprint density at radius 1 is 1.21 bits per heavy atom. The number of carbonyl (C=O) groups excluding carboxylic acids is 2. The number of nitrogens with one attached hydrogen (secondary N) is 1. The van der Waals surface area contributed by atoms with Gasteiger partial charge in [-0.3, -0.25) is 9.59 Å². The molecular formula is C19H28N2O3. The average molecular weight is 332 g/mol. The van der Waals surface area contributed by atoms with E-state index >= 15 is 0 Å². The first-order chi connectivity index (χ1) is 11.6. The summed E-state index contributed by atoms with van der Waals surface area (Å²) in [5.41, 5.74) is 0. The van der Waals surface area contributed by atoms with Gasteiger partial charge < -0.3 is 14.6 Å². The van der Waals surface area contributed by atoms with Crippen molar-refractivity contribution in [2.24, 2.45) is 5.92 Å². The molecule has 24 heavy (non-hydrogen) atoms. The molecule has 2 amide bonds. The maximum absolute atomic E-state index is 12.5. The second-order valence-corrected chi connectivity index (χ2v) is 7.16. The van der Waals surface area contributed by atoms with Crippen LogP contribution in [-0.4, -0.2) is 29.3 Å². The van der Waals surface area contributed by atoms with Gasteiger partial charge in [0.15, 0.2) is 0 Å². The van der Waals surface area contributed by atoms with Gasteiger partial charge in [0.2, 0.25) is 11.8 Å². The van der Waals surface area contributed by atoms with E-state index in [9.17, 15) is 9.59 Å². The number of piperidine rings is 1. The summed E-state index contributed by atoms with van der Waals surface area (Å²) >= 11 is 0. The molecule has 1 saturated carbocycles. The molecule has 1 atom stereocenters. The number of hydrogen-bond acceptors (Lipinski definition) is 3. The van der Waals surface area contributed by atoms with Crippen molar-refractivity contribution in [2.75, 3.05) is 6.54 Å². The Kier molecular flexibility index (Phi) is 5.59. The average Bonchev–Trinajstić information content (AvgIpc) is 2.83. The lowest BCUT2D eigenvalue weighted by Gasteiger charge is -2.37. The maximum Gasteiger partial charge on any atom is 0.225 e. The van der Waals surface area contributed by atoms with E-state index in [4.69, 9.17) is 4.42 Å². The summed E-state index contributed by atoms with van der Waals surface area (Å²) in [6.07, 6.45) is 8.26. The van der Waals surface area contributed by atoms with Crippen LogP contribution in [0.4, 0.5) is 0 Å². The van der Waals surface area contributed by atoms with E-state index < -0.39 is 0 Å². The summed E-state index contributed by atoms with van der Waals surface area (Å²) in [4.78, 5) is 26.8. The molecule has 1 aliphatic heterocycles. The zero-order chi connectivity index (χ0) is 16.9. The monoisotopic (exact) mass is 332 g/mol. The number of furan rings is 1. The summed E-state index contributed by atoms with van der Waals surface area (Å²) in [6.45, 7) is 2.88. The van der Waals surface area contributed by atoms with E-state index in [1.165, 1.54) is 25.7 Å². The third-order valence-corrected chi connectivity index (χ3v) is 5.31. The zero-order valence-corrected chi connectivity index (χ0v) is 14.6. The fraction of sp³-hybridized carbons (Fsp3) is 0.684. The van der Waals surface area contributed by atoms with Gasteiger partial charge in [-0.25, -0.2) is 0 Å². The molecule has 0 bridgehead atoms. The standard InChI is InChI=1S/C19H28N2O3/c1-14-8-10-17(24-14)12-20-19(23)15-9-11-18(22)21(13-15)16-6-4-2-3-5-7-16/h8,10,15-16H,2-7,9,11-13H2,1H3,(H,20,23). The molecule has 2 fully saturated rings. The van der Waals surface area contributed by atoms with Crippen molar-refractivity contribution >= 4 is 11.8 Å². The molecule has 1 aromatic heterocycles. The summed E-state index contributed by atoms with van der Waals surface area (Å²) in [7, 11) is 0.